The number of anilines is 1. The molecule has 0 bridgehead atoms. The highest BCUT2D eigenvalue weighted by molar-refractivity contribution is 6.04. The number of hydrogen-bond acceptors (Lipinski definition) is 4. The zero-order chi connectivity index (χ0) is 20.8. The van der Waals surface area contributed by atoms with Crippen molar-refractivity contribution in [1.82, 2.24) is 9.97 Å². The fourth-order valence-electron chi connectivity index (χ4n) is 2.96. The molecular formula is C25H21N3O2. The number of carbonyl (C=O) groups excluding carboxylic acids is 1. The average molecular weight is 395 g/mol. The molecule has 4 rings (SSSR count). The van der Waals surface area contributed by atoms with Gasteiger partial charge in [0, 0.05) is 18.0 Å². The Morgan fingerprint density at radius 1 is 0.900 bits per heavy atom. The molecule has 5 nitrogen and oxygen atoms in total. The van der Waals surface area contributed by atoms with Crippen molar-refractivity contribution in [2.24, 2.45) is 0 Å². The molecule has 0 saturated carbocycles. The van der Waals surface area contributed by atoms with Gasteiger partial charge in [-0.2, -0.15) is 0 Å². The van der Waals surface area contributed by atoms with E-state index in [2.05, 4.69) is 15.3 Å². The van der Waals surface area contributed by atoms with Gasteiger partial charge in [0.25, 0.3) is 5.91 Å². The molecule has 0 aliphatic heterocycles. The summed E-state index contributed by atoms with van der Waals surface area (Å²) in [5, 5.41) is 2.91. The molecule has 4 aromatic rings. The number of carbonyl (C=O) groups is 1. The summed E-state index contributed by atoms with van der Waals surface area (Å²) < 4.78 is 5.97. The van der Waals surface area contributed by atoms with Gasteiger partial charge in [0.2, 0.25) is 0 Å². The van der Waals surface area contributed by atoms with Crippen LogP contribution in [0.5, 0.6) is 5.75 Å². The Morgan fingerprint density at radius 2 is 1.57 bits per heavy atom. The first-order valence-electron chi connectivity index (χ1n) is 9.65. The smallest absolute Gasteiger partial charge is 0.258 e. The minimum absolute atomic E-state index is 0.289. The van der Waals surface area contributed by atoms with Gasteiger partial charge < -0.3 is 10.1 Å². The van der Waals surface area contributed by atoms with Gasteiger partial charge in [-0.15, -0.1) is 0 Å². The van der Waals surface area contributed by atoms with Crippen molar-refractivity contribution in [2.75, 3.05) is 5.32 Å². The zero-order valence-corrected chi connectivity index (χ0v) is 16.6. The first-order valence-corrected chi connectivity index (χ1v) is 9.65. The van der Waals surface area contributed by atoms with Gasteiger partial charge in [-0.3, -0.25) is 4.79 Å². The SMILES string of the molecule is Cc1ccc(NC(=O)c2cnc(-c3ccccc3)nc2)c(OCc2ccccc2)c1. The molecule has 30 heavy (non-hydrogen) atoms. The third-order valence-electron chi connectivity index (χ3n) is 4.57. The second-order valence-electron chi connectivity index (χ2n) is 6.89. The average Bonchev–Trinajstić information content (AvgIpc) is 2.80. The van der Waals surface area contributed by atoms with E-state index in [0.717, 1.165) is 16.7 Å². The van der Waals surface area contributed by atoms with Crippen molar-refractivity contribution in [3.63, 3.8) is 0 Å². The number of aromatic nitrogens is 2. The zero-order valence-electron chi connectivity index (χ0n) is 16.6. The summed E-state index contributed by atoms with van der Waals surface area (Å²) in [6, 6.07) is 25.2. The maximum atomic E-state index is 12.7. The van der Waals surface area contributed by atoms with E-state index in [-0.39, 0.29) is 5.91 Å². The number of aryl methyl sites for hydroxylation is 1. The molecule has 0 atom stereocenters. The number of amides is 1. The molecular weight excluding hydrogens is 374 g/mol. The van der Waals surface area contributed by atoms with E-state index in [1.807, 2.05) is 85.8 Å². The maximum Gasteiger partial charge on any atom is 0.258 e. The van der Waals surface area contributed by atoms with Crippen LogP contribution in [0.25, 0.3) is 11.4 Å². The summed E-state index contributed by atoms with van der Waals surface area (Å²) >= 11 is 0. The van der Waals surface area contributed by atoms with Gasteiger partial charge in [0.1, 0.15) is 12.4 Å². The number of ether oxygens (including phenoxy) is 1. The molecule has 0 aliphatic carbocycles. The predicted octanol–water partition coefficient (Wildman–Crippen LogP) is 5.28. The summed E-state index contributed by atoms with van der Waals surface area (Å²) in [7, 11) is 0. The van der Waals surface area contributed by atoms with Gasteiger partial charge in [-0.1, -0.05) is 66.7 Å². The van der Waals surface area contributed by atoms with Crippen molar-refractivity contribution < 1.29 is 9.53 Å². The largest absolute Gasteiger partial charge is 0.487 e. The molecule has 3 aromatic carbocycles. The number of benzene rings is 3. The second-order valence-corrected chi connectivity index (χ2v) is 6.89. The Kier molecular flexibility index (Phi) is 5.80. The molecule has 1 amide bonds. The van der Waals surface area contributed by atoms with Crippen LogP contribution in [0.2, 0.25) is 0 Å². The lowest BCUT2D eigenvalue weighted by molar-refractivity contribution is 0.102. The van der Waals surface area contributed by atoms with Crippen molar-refractivity contribution >= 4 is 11.6 Å². The molecule has 1 N–H and O–H groups in total. The fourth-order valence-corrected chi connectivity index (χ4v) is 2.96. The van der Waals surface area contributed by atoms with Crippen LogP contribution in [0.15, 0.2) is 91.3 Å². The maximum absolute atomic E-state index is 12.7. The van der Waals surface area contributed by atoms with E-state index in [0.29, 0.717) is 29.4 Å². The molecule has 0 unspecified atom stereocenters. The van der Waals surface area contributed by atoms with Gasteiger partial charge in [0.05, 0.1) is 11.3 Å². The van der Waals surface area contributed by atoms with Gasteiger partial charge in [-0.25, -0.2) is 9.97 Å². The Bertz CT molecular complexity index is 1130. The number of rotatable bonds is 6. The third kappa shape index (κ3) is 4.70. The van der Waals surface area contributed by atoms with Crippen molar-refractivity contribution in [3.05, 3.63) is 108 Å². The molecule has 5 heteroatoms. The van der Waals surface area contributed by atoms with Crippen molar-refractivity contribution in [1.29, 1.82) is 0 Å². The molecule has 0 radical (unpaired) electrons. The lowest BCUT2D eigenvalue weighted by Gasteiger charge is -2.13. The van der Waals surface area contributed by atoms with Crippen LogP contribution in [-0.2, 0) is 6.61 Å². The monoisotopic (exact) mass is 395 g/mol. The van der Waals surface area contributed by atoms with Crippen LogP contribution in [-0.4, -0.2) is 15.9 Å². The van der Waals surface area contributed by atoms with Crippen LogP contribution in [0.1, 0.15) is 21.5 Å². The molecule has 0 spiro atoms. The van der Waals surface area contributed by atoms with E-state index in [1.54, 1.807) is 0 Å². The number of nitrogens with one attached hydrogen (secondary N) is 1. The van der Waals surface area contributed by atoms with Gasteiger partial charge in [0.15, 0.2) is 5.82 Å². The van der Waals surface area contributed by atoms with Crippen LogP contribution in [0.4, 0.5) is 5.69 Å². The van der Waals surface area contributed by atoms with Crippen LogP contribution < -0.4 is 10.1 Å². The summed E-state index contributed by atoms with van der Waals surface area (Å²) in [5.74, 6) is 0.909. The standard InChI is InChI=1S/C25H21N3O2/c1-18-12-13-22(23(14-18)30-17-19-8-4-2-5-9-19)28-25(29)21-15-26-24(27-16-21)20-10-6-3-7-11-20/h2-16H,17H2,1H3,(H,28,29). The van der Waals surface area contributed by atoms with E-state index in [9.17, 15) is 4.79 Å². The highest BCUT2D eigenvalue weighted by Gasteiger charge is 2.12. The minimum Gasteiger partial charge on any atom is -0.487 e. The summed E-state index contributed by atoms with van der Waals surface area (Å²) in [6.45, 7) is 2.40. The van der Waals surface area contributed by atoms with Crippen LogP contribution >= 0.6 is 0 Å². The molecule has 0 saturated heterocycles. The Morgan fingerprint density at radius 3 is 2.27 bits per heavy atom. The van der Waals surface area contributed by atoms with Crippen molar-refractivity contribution in [2.45, 2.75) is 13.5 Å². The minimum atomic E-state index is -0.289. The molecule has 1 heterocycles. The normalized spacial score (nSPS) is 10.4. The Balaban J connectivity index is 1.49. The quantitative estimate of drug-likeness (QED) is 0.482. The first-order chi connectivity index (χ1) is 14.7. The third-order valence-corrected chi connectivity index (χ3v) is 4.57. The fraction of sp³-hybridized carbons (Fsp3) is 0.0800. The van der Waals surface area contributed by atoms with Crippen LogP contribution in [0.3, 0.4) is 0 Å². The Labute approximate surface area is 175 Å². The number of nitrogens with zero attached hydrogens (tertiary/aromatic N) is 2. The van der Waals surface area contributed by atoms with Crippen LogP contribution in [0, 0.1) is 6.92 Å². The predicted molar refractivity (Wildman–Crippen MR) is 117 cm³/mol. The van der Waals surface area contributed by atoms with E-state index in [1.165, 1.54) is 12.4 Å². The van der Waals surface area contributed by atoms with E-state index >= 15 is 0 Å². The van der Waals surface area contributed by atoms with Gasteiger partial charge in [-0.05, 0) is 30.2 Å². The Hall–Kier alpha value is -3.99. The van der Waals surface area contributed by atoms with E-state index in [4.69, 9.17) is 4.74 Å². The molecule has 1 aromatic heterocycles. The molecule has 0 aliphatic rings. The molecule has 0 fully saturated rings. The lowest BCUT2D eigenvalue weighted by atomic mass is 10.2. The highest BCUT2D eigenvalue weighted by atomic mass is 16.5. The van der Waals surface area contributed by atoms with E-state index < -0.39 is 0 Å². The highest BCUT2D eigenvalue weighted by Crippen LogP contribution is 2.27. The first kappa shape index (κ1) is 19.3. The summed E-state index contributed by atoms with van der Waals surface area (Å²) in [4.78, 5) is 21.4. The molecule has 148 valence electrons. The lowest BCUT2D eigenvalue weighted by Crippen LogP contribution is -2.14. The summed E-state index contributed by atoms with van der Waals surface area (Å²) in [6.07, 6.45) is 3.06. The number of hydrogen-bond donors (Lipinski definition) is 1. The van der Waals surface area contributed by atoms with Crippen molar-refractivity contribution in [3.8, 4) is 17.1 Å². The topological polar surface area (TPSA) is 64.1 Å². The summed E-state index contributed by atoms with van der Waals surface area (Å²) in [5.41, 5.74) is 3.99. The van der Waals surface area contributed by atoms with Gasteiger partial charge >= 0.3 is 0 Å². The second kappa shape index (κ2) is 9.01.